The maximum Gasteiger partial charge on any atom is 0.320 e. The molecule has 0 radical (unpaired) electrons. The van der Waals surface area contributed by atoms with E-state index in [1.54, 1.807) is 6.92 Å². The van der Waals surface area contributed by atoms with Crippen molar-refractivity contribution in [1.29, 1.82) is 0 Å². The van der Waals surface area contributed by atoms with Crippen molar-refractivity contribution in [2.24, 2.45) is 0 Å². The maximum atomic E-state index is 12.3. The molecule has 1 saturated heterocycles. The highest BCUT2D eigenvalue weighted by Gasteiger charge is 2.25. The van der Waals surface area contributed by atoms with Crippen LogP contribution < -0.4 is 10.5 Å². The van der Waals surface area contributed by atoms with Crippen LogP contribution in [0, 0.1) is 13.8 Å². The molecule has 1 aliphatic heterocycles. The fourth-order valence-electron chi connectivity index (χ4n) is 2.58. The summed E-state index contributed by atoms with van der Waals surface area (Å²) in [4.78, 5) is 37.2. The summed E-state index contributed by atoms with van der Waals surface area (Å²) < 4.78 is 0. The topological polar surface area (TPSA) is 72.5 Å². The van der Waals surface area contributed by atoms with Gasteiger partial charge in [-0.1, -0.05) is 0 Å². The molecule has 122 valence electrons. The second-order valence-electron chi connectivity index (χ2n) is 5.53. The standard InChI is InChI=1S/C15H25N5O2/c1-5-18(6-2)15(22)20-9-7-19(8-10-20)14-16-12(4)11(3)13(21)17-14/h5-10H2,1-4H3,(H,16,17,21). The minimum Gasteiger partial charge on any atom is -0.339 e. The summed E-state index contributed by atoms with van der Waals surface area (Å²) in [5, 5.41) is 0. The summed E-state index contributed by atoms with van der Waals surface area (Å²) in [5.74, 6) is 0.600. The number of amides is 2. The van der Waals surface area contributed by atoms with E-state index in [0.717, 1.165) is 18.8 Å². The van der Waals surface area contributed by atoms with Gasteiger partial charge in [-0.05, 0) is 27.7 Å². The van der Waals surface area contributed by atoms with Crippen LogP contribution in [0.5, 0.6) is 0 Å². The third-order valence-corrected chi connectivity index (χ3v) is 4.27. The van der Waals surface area contributed by atoms with Gasteiger partial charge in [0.2, 0.25) is 5.95 Å². The fourth-order valence-corrected chi connectivity index (χ4v) is 2.58. The summed E-state index contributed by atoms with van der Waals surface area (Å²) in [7, 11) is 0. The minimum atomic E-state index is -0.0934. The first-order valence-corrected chi connectivity index (χ1v) is 7.84. The van der Waals surface area contributed by atoms with Gasteiger partial charge in [0.15, 0.2) is 0 Å². The zero-order valence-corrected chi connectivity index (χ0v) is 13.8. The van der Waals surface area contributed by atoms with E-state index in [-0.39, 0.29) is 11.6 Å². The fraction of sp³-hybridized carbons (Fsp3) is 0.667. The number of aromatic nitrogens is 2. The molecule has 0 aliphatic carbocycles. The monoisotopic (exact) mass is 307 g/mol. The first-order chi connectivity index (χ1) is 10.5. The Hall–Kier alpha value is -2.05. The normalized spacial score (nSPS) is 15.1. The van der Waals surface area contributed by atoms with Crippen molar-refractivity contribution in [3.05, 3.63) is 21.6 Å². The molecule has 0 atom stereocenters. The van der Waals surface area contributed by atoms with Gasteiger partial charge in [-0.15, -0.1) is 0 Å². The first-order valence-electron chi connectivity index (χ1n) is 7.84. The third-order valence-electron chi connectivity index (χ3n) is 4.27. The Balaban J connectivity index is 2.03. The van der Waals surface area contributed by atoms with Crippen molar-refractivity contribution in [2.75, 3.05) is 44.2 Å². The molecular weight excluding hydrogens is 282 g/mol. The molecule has 0 bridgehead atoms. The van der Waals surface area contributed by atoms with Crippen LogP contribution in [-0.4, -0.2) is 65.1 Å². The van der Waals surface area contributed by atoms with E-state index in [1.165, 1.54) is 0 Å². The van der Waals surface area contributed by atoms with E-state index in [4.69, 9.17) is 0 Å². The van der Waals surface area contributed by atoms with Gasteiger partial charge in [0.25, 0.3) is 5.56 Å². The summed E-state index contributed by atoms with van der Waals surface area (Å²) in [6, 6.07) is 0.0891. The van der Waals surface area contributed by atoms with Gasteiger partial charge in [0.05, 0.1) is 0 Å². The number of rotatable bonds is 3. The number of aryl methyl sites for hydroxylation is 1. The number of carbonyl (C=O) groups excluding carboxylic acids is 1. The molecule has 7 heteroatoms. The molecule has 0 unspecified atom stereocenters. The van der Waals surface area contributed by atoms with Crippen molar-refractivity contribution in [3.63, 3.8) is 0 Å². The Morgan fingerprint density at radius 1 is 1.18 bits per heavy atom. The average Bonchev–Trinajstić information content (AvgIpc) is 2.53. The largest absolute Gasteiger partial charge is 0.339 e. The number of anilines is 1. The number of nitrogens with zero attached hydrogens (tertiary/aromatic N) is 4. The number of nitrogens with one attached hydrogen (secondary N) is 1. The molecule has 1 aromatic heterocycles. The van der Waals surface area contributed by atoms with E-state index in [2.05, 4.69) is 9.97 Å². The molecule has 22 heavy (non-hydrogen) atoms. The molecule has 2 heterocycles. The van der Waals surface area contributed by atoms with Crippen molar-refractivity contribution in [2.45, 2.75) is 27.7 Å². The Morgan fingerprint density at radius 2 is 1.77 bits per heavy atom. The van der Waals surface area contributed by atoms with Gasteiger partial charge < -0.3 is 14.7 Å². The maximum absolute atomic E-state index is 12.3. The van der Waals surface area contributed by atoms with Crippen molar-refractivity contribution in [1.82, 2.24) is 19.8 Å². The van der Waals surface area contributed by atoms with Crippen molar-refractivity contribution in [3.8, 4) is 0 Å². The second kappa shape index (κ2) is 6.81. The SMILES string of the molecule is CCN(CC)C(=O)N1CCN(c2nc(C)c(C)c(=O)[nH]2)CC1. The van der Waals surface area contributed by atoms with Crippen LogP contribution >= 0.6 is 0 Å². The molecule has 0 spiro atoms. The second-order valence-corrected chi connectivity index (χ2v) is 5.53. The van der Waals surface area contributed by atoms with E-state index in [0.29, 0.717) is 37.7 Å². The zero-order chi connectivity index (χ0) is 16.3. The van der Waals surface area contributed by atoms with E-state index >= 15 is 0 Å². The van der Waals surface area contributed by atoms with Gasteiger partial charge >= 0.3 is 6.03 Å². The number of H-pyrrole nitrogens is 1. The van der Waals surface area contributed by atoms with Gasteiger partial charge in [-0.3, -0.25) is 9.78 Å². The quantitative estimate of drug-likeness (QED) is 0.903. The van der Waals surface area contributed by atoms with Crippen molar-refractivity contribution < 1.29 is 4.79 Å². The molecular formula is C15H25N5O2. The molecule has 0 saturated carbocycles. The Kier molecular flexibility index (Phi) is 5.05. The first kappa shape index (κ1) is 16.3. The summed E-state index contributed by atoms with van der Waals surface area (Å²) in [6.07, 6.45) is 0. The van der Waals surface area contributed by atoms with E-state index in [1.807, 2.05) is 35.5 Å². The van der Waals surface area contributed by atoms with Gasteiger partial charge in [-0.25, -0.2) is 9.78 Å². The predicted octanol–water partition coefficient (Wildman–Crippen LogP) is 0.971. The molecule has 2 rings (SSSR count). The van der Waals surface area contributed by atoms with Crippen LogP contribution in [0.2, 0.25) is 0 Å². The molecule has 2 amide bonds. The Morgan fingerprint density at radius 3 is 2.27 bits per heavy atom. The van der Waals surface area contributed by atoms with Crippen LogP contribution in [-0.2, 0) is 0 Å². The predicted molar refractivity (Wildman–Crippen MR) is 86.4 cm³/mol. The lowest BCUT2D eigenvalue weighted by Gasteiger charge is -2.37. The van der Waals surface area contributed by atoms with Gasteiger partial charge in [0, 0.05) is 50.5 Å². The molecule has 1 aromatic rings. The minimum absolute atomic E-state index is 0.0891. The number of urea groups is 1. The van der Waals surface area contributed by atoms with Gasteiger partial charge in [-0.2, -0.15) is 0 Å². The Bertz CT molecular complexity index is 586. The highest BCUT2D eigenvalue weighted by Crippen LogP contribution is 2.12. The third kappa shape index (κ3) is 3.23. The zero-order valence-electron chi connectivity index (χ0n) is 13.8. The molecule has 1 fully saturated rings. The van der Waals surface area contributed by atoms with Crippen LogP contribution in [0.1, 0.15) is 25.1 Å². The number of hydrogen-bond acceptors (Lipinski definition) is 4. The lowest BCUT2D eigenvalue weighted by atomic mass is 10.3. The lowest BCUT2D eigenvalue weighted by Crippen LogP contribution is -2.53. The summed E-state index contributed by atoms with van der Waals surface area (Å²) >= 11 is 0. The van der Waals surface area contributed by atoms with Crippen molar-refractivity contribution >= 4 is 12.0 Å². The molecule has 1 N–H and O–H groups in total. The van der Waals surface area contributed by atoms with E-state index < -0.39 is 0 Å². The number of carbonyl (C=O) groups is 1. The smallest absolute Gasteiger partial charge is 0.320 e. The number of hydrogen-bond donors (Lipinski definition) is 1. The molecule has 7 nitrogen and oxygen atoms in total. The lowest BCUT2D eigenvalue weighted by molar-refractivity contribution is 0.154. The van der Waals surface area contributed by atoms with Crippen LogP contribution in [0.25, 0.3) is 0 Å². The molecule has 1 aliphatic rings. The summed E-state index contributed by atoms with van der Waals surface area (Å²) in [5.41, 5.74) is 1.31. The summed E-state index contributed by atoms with van der Waals surface area (Å²) in [6.45, 7) is 11.7. The molecule has 0 aromatic carbocycles. The number of aromatic amines is 1. The van der Waals surface area contributed by atoms with Crippen LogP contribution in [0.4, 0.5) is 10.7 Å². The highest BCUT2D eigenvalue weighted by atomic mass is 16.2. The average molecular weight is 307 g/mol. The highest BCUT2D eigenvalue weighted by molar-refractivity contribution is 5.74. The van der Waals surface area contributed by atoms with Gasteiger partial charge in [0.1, 0.15) is 0 Å². The van der Waals surface area contributed by atoms with E-state index in [9.17, 15) is 9.59 Å². The van der Waals surface area contributed by atoms with Crippen LogP contribution in [0.3, 0.4) is 0 Å². The number of piperazine rings is 1. The van der Waals surface area contributed by atoms with Crippen LogP contribution in [0.15, 0.2) is 4.79 Å². The Labute approximate surface area is 130 Å².